The van der Waals surface area contributed by atoms with Crippen LogP contribution < -0.4 is 5.32 Å². The van der Waals surface area contributed by atoms with Crippen molar-refractivity contribution in [1.82, 2.24) is 15.3 Å². The number of hydrogen-bond donors (Lipinski definition) is 2. The van der Waals surface area contributed by atoms with E-state index >= 15 is 0 Å². The molecule has 0 unspecified atom stereocenters. The topological polar surface area (TPSA) is 61.7 Å². The fraction of sp³-hybridized carbons (Fsp3) is 0.0250. The van der Waals surface area contributed by atoms with E-state index in [1.54, 1.807) is 0 Å². The first kappa shape index (κ1) is 27.0. The minimum atomic E-state index is 0.499. The van der Waals surface area contributed by atoms with Crippen molar-refractivity contribution in [3.63, 3.8) is 0 Å². The first-order valence-electron chi connectivity index (χ1n) is 14.7. The smallest absolute Gasteiger partial charge is 0.160 e. The van der Waals surface area contributed by atoms with Crippen molar-refractivity contribution in [2.24, 2.45) is 0 Å². The van der Waals surface area contributed by atoms with Gasteiger partial charge in [-0.05, 0) is 41.8 Å². The Morgan fingerprint density at radius 1 is 0.568 bits per heavy atom. The average Bonchev–Trinajstić information content (AvgIpc) is 3.09. The van der Waals surface area contributed by atoms with E-state index in [0.29, 0.717) is 11.5 Å². The van der Waals surface area contributed by atoms with E-state index in [4.69, 9.17) is 15.4 Å². The third kappa shape index (κ3) is 5.37. The zero-order valence-electron chi connectivity index (χ0n) is 24.3. The second kappa shape index (κ2) is 11.8. The molecule has 1 aliphatic rings. The maximum absolute atomic E-state index is 8.79. The molecule has 1 aliphatic heterocycles. The number of aromatic nitrogens is 2. The quantitative estimate of drug-likeness (QED) is 0.197. The average molecular weight is 567 g/mol. The van der Waals surface area contributed by atoms with Gasteiger partial charge >= 0.3 is 0 Å². The molecule has 0 aliphatic carbocycles. The Morgan fingerprint density at radius 2 is 1.11 bits per heavy atom. The minimum absolute atomic E-state index is 0.499. The number of nitrogens with zero attached hydrogens (tertiary/aromatic N) is 2. The van der Waals surface area contributed by atoms with Gasteiger partial charge in [-0.15, -0.1) is 0 Å². The van der Waals surface area contributed by atoms with Gasteiger partial charge < -0.3 is 10.7 Å². The lowest BCUT2D eigenvalue weighted by Gasteiger charge is -2.26. The van der Waals surface area contributed by atoms with Gasteiger partial charge in [-0.25, -0.2) is 9.97 Å². The largest absolute Gasteiger partial charge is 0.354 e. The van der Waals surface area contributed by atoms with E-state index in [1.807, 2.05) is 91.9 Å². The lowest BCUT2D eigenvalue weighted by Crippen LogP contribution is -2.19. The van der Waals surface area contributed by atoms with E-state index in [-0.39, 0.29) is 0 Å². The highest BCUT2D eigenvalue weighted by Crippen LogP contribution is 2.37. The third-order valence-electron chi connectivity index (χ3n) is 7.78. The molecule has 4 heteroatoms. The maximum Gasteiger partial charge on any atom is 0.160 e. The van der Waals surface area contributed by atoms with Crippen LogP contribution in [0.3, 0.4) is 0 Å². The molecule has 0 saturated carbocycles. The van der Waals surface area contributed by atoms with Crippen LogP contribution in [0.15, 0.2) is 146 Å². The molecule has 2 N–H and O–H groups in total. The maximum atomic E-state index is 8.79. The molecule has 0 bridgehead atoms. The summed E-state index contributed by atoms with van der Waals surface area (Å²) in [7, 11) is 0. The fourth-order valence-corrected chi connectivity index (χ4v) is 5.65. The van der Waals surface area contributed by atoms with Gasteiger partial charge in [0.25, 0.3) is 0 Å². The summed E-state index contributed by atoms with van der Waals surface area (Å²) in [4.78, 5) is 10.0. The summed E-state index contributed by atoms with van der Waals surface area (Å²) in [5.74, 6) is 0.688. The predicted molar refractivity (Wildman–Crippen MR) is 182 cm³/mol. The molecule has 0 fully saturated rings. The van der Waals surface area contributed by atoms with E-state index in [2.05, 4.69) is 72.1 Å². The van der Waals surface area contributed by atoms with Crippen LogP contribution >= 0.6 is 0 Å². The van der Waals surface area contributed by atoms with Crippen LogP contribution in [0.5, 0.6) is 0 Å². The van der Waals surface area contributed by atoms with Gasteiger partial charge in [-0.1, -0.05) is 133 Å². The van der Waals surface area contributed by atoms with Crippen LogP contribution in [0.2, 0.25) is 0 Å². The molecule has 0 spiro atoms. The Hall–Kier alpha value is -5.87. The van der Waals surface area contributed by atoms with E-state index in [0.717, 1.165) is 67.3 Å². The molecule has 6 aromatic rings. The van der Waals surface area contributed by atoms with Crippen molar-refractivity contribution < 1.29 is 0 Å². The number of hydrogen-bond acceptors (Lipinski definition) is 4. The van der Waals surface area contributed by atoms with Gasteiger partial charge in [0.1, 0.15) is 0 Å². The monoisotopic (exact) mass is 566 g/mol. The highest BCUT2D eigenvalue weighted by molar-refractivity contribution is 6.29. The third-order valence-corrected chi connectivity index (χ3v) is 7.78. The van der Waals surface area contributed by atoms with Gasteiger partial charge in [0.2, 0.25) is 0 Å². The summed E-state index contributed by atoms with van der Waals surface area (Å²) < 4.78 is 0. The summed E-state index contributed by atoms with van der Waals surface area (Å²) in [6, 6.07) is 49.4. The summed E-state index contributed by atoms with van der Waals surface area (Å²) in [5, 5.41) is 12.5. The second-order valence-corrected chi connectivity index (χ2v) is 10.8. The van der Waals surface area contributed by atoms with Crippen molar-refractivity contribution in [2.75, 3.05) is 0 Å². The van der Waals surface area contributed by atoms with Crippen LogP contribution in [0.4, 0.5) is 0 Å². The van der Waals surface area contributed by atoms with Crippen LogP contribution in [-0.2, 0) is 0 Å². The summed E-state index contributed by atoms with van der Waals surface area (Å²) >= 11 is 0. The van der Waals surface area contributed by atoms with Crippen molar-refractivity contribution >= 4 is 28.8 Å². The Morgan fingerprint density at radius 3 is 1.73 bits per heavy atom. The molecule has 210 valence electrons. The molecule has 0 atom stereocenters. The number of fused-ring (bicyclic) bond motifs is 1. The Bertz CT molecular complexity index is 1970. The van der Waals surface area contributed by atoms with E-state index in [1.165, 1.54) is 0 Å². The number of benzene rings is 5. The van der Waals surface area contributed by atoms with Crippen molar-refractivity contribution in [2.45, 2.75) is 6.92 Å². The molecule has 1 aromatic heterocycles. The molecular weight excluding hydrogens is 536 g/mol. The molecule has 0 saturated heterocycles. The molecule has 5 aromatic carbocycles. The van der Waals surface area contributed by atoms with Crippen molar-refractivity contribution in [3.8, 4) is 33.9 Å². The van der Waals surface area contributed by atoms with Gasteiger partial charge in [0.05, 0.1) is 17.1 Å². The lowest BCUT2D eigenvalue weighted by atomic mass is 9.89. The zero-order valence-corrected chi connectivity index (χ0v) is 24.3. The molecule has 0 radical (unpaired) electrons. The van der Waals surface area contributed by atoms with Crippen LogP contribution in [-0.4, -0.2) is 15.7 Å². The van der Waals surface area contributed by atoms with Crippen molar-refractivity contribution in [1.29, 1.82) is 5.41 Å². The fourth-order valence-electron chi connectivity index (χ4n) is 5.65. The van der Waals surface area contributed by atoms with Gasteiger partial charge in [-0.2, -0.15) is 0 Å². The molecule has 44 heavy (non-hydrogen) atoms. The SMILES string of the molecule is CC(=N)/C(=C1\NC(c2ccccc2)=Cc2cc(-c3cc(-c4ccccc4)nc(-c4ccccc4)n3)ccc21)c1ccccc1. The first-order chi connectivity index (χ1) is 21.6. The number of allylic oxidation sites excluding steroid dienone is 1. The lowest BCUT2D eigenvalue weighted by molar-refractivity contribution is 1.18. The molecule has 7 rings (SSSR count). The van der Waals surface area contributed by atoms with E-state index in [9.17, 15) is 0 Å². The zero-order chi connectivity index (χ0) is 29.9. The Labute approximate surface area is 257 Å². The Balaban J connectivity index is 1.44. The van der Waals surface area contributed by atoms with Gasteiger partial charge in [0, 0.05) is 39.2 Å². The molecular formula is C40H30N4. The van der Waals surface area contributed by atoms with Gasteiger partial charge in [-0.3, -0.25) is 0 Å². The Kier molecular flexibility index (Phi) is 7.23. The van der Waals surface area contributed by atoms with E-state index < -0.39 is 0 Å². The van der Waals surface area contributed by atoms with Gasteiger partial charge in [0.15, 0.2) is 5.82 Å². The summed E-state index contributed by atoms with van der Waals surface area (Å²) in [6.07, 6.45) is 2.19. The molecule has 4 nitrogen and oxygen atoms in total. The van der Waals surface area contributed by atoms with Crippen molar-refractivity contribution in [3.05, 3.63) is 168 Å². The molecule has 2 heterocycles. The molecule has 0 amide bonds. The normalized spacial score (nSPS) is 13.3. The summed E-state index contributed by atoms with van der Waals surface area (Å²) in [5.41, 5.74) is 12.2. The van der Waals surface area contributed by atoms with Crippen LogP contribution in [0, 0.1) is 5.41 Å². The highest BCUT2D eigenvalue weighted by atomic mass is 14.9. The van der Waals surface area contributed by atoms with Crippen LogP contribution in [0.25, 0.3) is 56.9 Å². The minimum Gasteiger partial charge on any atom is -0.354 e. The predicted octanol–water partition coefficient (Wildman–Crippen LogP) is 9.49. The first-order valence-corrected chi connectivity index (χ1v) is 14.7. The highest BCUT2D eigenvalue weighted by Gasteiger charge is 2.22. The number of rotatable bonds is 6. The summed E-state index contributed by atoms with van der Waals surface area (Å²) in [6.45, 7) is 1.85. The number of nitrogens with one attached hydrogen (secondary N) is 2. The second-order valence-electron chi connectivity index (χ2n) is 10.8. The standard InChI is InChI=1S/C40H30N4/c1-27(41)38(30-18-10-4-11-19-30)39-34-23-22-32(24-33(34)25-35(42-39)28-14-6-2-7-15-28)37-26-36(29-16-8-3-9-17-29)43-40(44-37)31-20-12-5-13-21-31/h2-26,41-42H,1H3/b39-38+,41-27?. The van der Waals surface area contributed by atoms with Crippen LogP contribution in [0.1, 0.15) is 29.2 Å².